The zero-order valence-electron chi connectivity index (χ0n) is 7.14. The van der Waals surface area contributed by atoms with E-state index in [0.29, 0.717) is 16.7 Å². The quantitative estimate of drug-likeness (QED) is 0.785. The van der Waals surface area contributed by atoms with Crippen LogP contribution in [-0.2, 0) is 6.54 Å². The van der Waals surface area contributed by atoms with Crippen LogP contribution in [0.25, 0.3) is 0 Å². The van der Waals surface area contributed by atoms with Crippen LogP contribution in [0.3, 0.4) is 0 Å². The van der Waals surface area contributed by atoms with Gasteiger partial charge in [-0.1, -0.05) is 11.6 Å². The lowest BCUT2D eigenvalue weighted by Gasteiger charge is -2.00. The summed E-state index contributed by atoms with van der Waals surface area (Å²) in [5.74, 6) is 0. The number of rotatable bonds is 2. The fourth-order valence-electron chi connectivity index (χ4n) is 1.18. The van der Waals surface area contributed by atoms with E-state index in [1.807, 2.05) is 16.8 Å². The fourth-order valence-corrected chi connectivity index (χ4v) is 2.15. The van der Waals surface area contributed by atoms with Gasteiger partial charge in [0.05, 0.1) is 6.54 Å². The molecule has 0 aliphatic heterocycles. The van der Waals surface area contributed by atoms with Gasteiger partial charge in [0.25, 0.3) is 0 Å². The molecule has 0 radical (unpaired) electrons. The second-order valence-electron chi connectivity index (χ2n) is 2.71. The zero-order chi connectivity index (χ0) is 9.97. The molecule has 0 saturated carbocycles. The molecule has 0 aromatic carbocycles. The predicted octanol–water partition coefficient (Wildman–Crippen LogP) is 2.52. The van der Waals surface area contributed by atoms with Crippen LogP contribution < -0.4 is 0 Å². The third-order valence-corrected chi connectivity index (χ3v) is 2.90. The molecule has 0 fully saturated rings. The molecule has 0 saturated heterocycles. The number of halogens is 1. The molecule has 2 aromatic heterocycles. The summed E-state index contributed by atoms with van der Waals surface area (Å²) >= 11 is 7.14. The van der Waals surface area contributed by atoms with Crippen molar-refractivity contribution in [2.75, 3.05) is 0 Å². The predicted molar refractivity (Wildman–Crippen MR) is 55.4 cm³/mol. The Morgan fingerprint density at radius 1 is 1.64 bits per heavy atom. The molecule has 5 heteroatoms. The van der Waals surface area contributed by atoms with Gasteiger partial charge in [0.15, 0.2) is 4.47 Å². The van der Waals surface area contributed by atoms with Gasteiger partial charge in [-0.15, -0.1) is 11.3 Å². The van der Waals surface area contributed by atoms with Crippen molar-refractivity contribution in [2.45, 2.75) is 6.54 Å². The van der Waals surface area contributed by atoms with Gasteiger partial charge in [0, 0.05) is 17.3 Å². The number of nitrogens with zero attached hydrogens (tertiary/aromatic N) is 3. The molecule has 0 spiro atoms. The SMILES string of the molecule is N#Cc1cccn1Cc1cnc(Cl)s1. The maximum absolute atomic E-state index is 8.78. The Balaban J connectivity index is 2.23. The Morgan fingerprint density at radius 2 is 2.50 bits per heavy atom. The average molecular weight is 224 g/mol. The smallest absolute Gasteiger partial charge is 0.183 e. The van der Waals surface area contributed by atoms with Crippen molar-refractivity contribution in [1.29, 1.82) is 5.26 Å². The summed E-state index contributed by atoms with van der Waals surface area (Å²) in [6.07, 6.45) is 3.60. The number of aromatic nitrogens is 2. The Morgan fingerprint density at radius 3 is 3.14 bits per heavy atom. The molecule has 14 heavy (non-hydrogen) atoms. The standard InChI is InChI=1S/C9H6ClN3S/c10-9-12-5-8(14-9)6-13-3-1-2-7(13)4-11/h1-3,5H,6H2. The topological polar surface area (TPSA) is 41.6 Å². The molecule has 70 valence electrons. The van der Waals surface area contributed by atoms with E-state index in [2.05, 4.69) is 11.1 Å². The Labute approximate surface area is 90.2 Å². The molecule has 0 aliphatic carbocycles. The van der Waals surface area contributed by atoms with Crippen molar-refractivity contribution in [1.82, 2.24) is 9.55 Å². The maximum Gasteiger partial charge on any atom is 0.183 e. The first-order valence-corrected chi connectivity index (χ1v) is 5.14. The Hall–Kier alpha value is -1.31. The van der Waals surface area contributed by atoms with Crippen LogP contribution in [0, 0.1) is 11.3 Å². The third kappa shape index (κ3) is 1.79. The van der Waals surface area contributed by atoms with Gasteiger partial charge in [-0.25, -0.2) is 4.98 Å². The molecule has 2 aromatic rings. The lowest BCUT2D eigenvalue weighted by molar-refractivity contribution is 0.804. The van der Waals surface area contributed by atoms with Crippen LogP contribution >= 0.6 is 22.9 Å². The van der Waals surface area contributed by atoms with Crippen molar-refractivity contribution in [2.24, 2.45) is 0 Å². The summed E-state index contributed by atoms with van der Waals surface area (Å²) in [6, 6.07) is 5.75. The van der Waals surface area contributed by atoms with E-state index in [1.54, 1.807) is 12.3 Å². The highest BCUT2D eigenvalue weighted by Crippen LogP contribution is 2.19. The highest BCUT2D eigenvalue weighted by molar-refractivity contribution is 7.15. The van der Waals surface area contributed by atoms with Crippen molar-refractivity contribution in [3.63, 3.8) is 0 Å². The van der Waals surface area contributed by atoms with Crippen molar-refractivity contribution in [3.05, 3.63) is 39.6 Å². The molecule has 0 bridgehead atoms. The van der Waals surface area contributed by atoms with E-state index in [1.165, 1.54) is 11.3 Å². The van der Waals surface area contributed by atoms with Crippen LogP contribution in [0.2, 0.25) is 4.47 Å². The van der Waals surface area contributed by atoms with E-state index in [9.17, 15) is 0 Å². The van der Waals surface area contributed by atoms with E-state index >= 15 is 0 Å². The lowest BCUT2D eigenvalue weighted by Crippen LogP contribution is -1.98. The summed E-state index contributed by atoms with van der Waals surface area (Å²) in [6.45, 7) is 0.653. The molecule has 0 aliphatic rings. The van der Waals surface area contributed by atoms with Gasteiger partial charge in [-0.3, -0.25) is 0 Å². The minimum Gasteiger partial charge on any atom is -0.334 e. The molecular weight excluding hydrogens is 218 g/mol. The summed E-state index contributed by atoms with van der Waals surface area (Å²) in [7, 11) is 0. The largest absolute Gasteiger partial charge is 0.334 e. The third-order valence-electron chi connectivity index (χ3n) is 1.80. The van der Waals surface area contributed by atoms with E-state index < -0.39 is 0 Å². The summed E-state index contributed by atoms with van der Waals surface area (Å²) in [5.41, 5.74) is 0.648. The van der Waals surface area contributed by atoms with Crippen LogP contribution in [0.4, 0.5) is 0 Å². The number of thiazole rings is 1. The summed E-state index contributed by atoms with van der Waals surface area (Å²) < 4.78 is 2.40. The molecule has 0 N–H and O–H groups in total. The fraction of sp³-hybridized carbons (Fsp3) is 0.111. The van der Waals surface area contributed by atoms with Gasteiger partial charge < -0.3 is 4.57 Å². The molecule has 0 amide bonds. The molecular formula is C9H6ClN3S. The molecule has 0 unspecified atom stereocenters. The van der Waals surface area contributed by atoms with E-state index in [4.69, 9.17) is 16.9 Å². The van der Waals surface area contributed by atoms with E-state index in [0.717, 1.165) is 4.88 Å². The number of hydrogen-bond donors (Lipinski definition) is 0. The maximum atomic E-state index is 8.78. The molecule has 3 nitrogen and oxygen atoms in total. The first kappa shape index (κ1) is 9.25. The van der Waals surface area contributed by atoms with Crippen molar-refractivity contribution < 1.29 is 0 Å². The van der Waals surface area contributed by atoms with Gasteiger partial charge in [0.1, 0.15) is 11.8 Å². The normalized spacial score (nSPS) is 10.0. The molecule has 2 rings (SSSR count). The van der Waals surface area contributed by atoms with Crippen LogP contribution in [0.5, 0.6) is 0 Å². The van der Waals surface area contributed by atoms with Crippen LogP contribution in [0.15, 0.2) is 24.5 Å². The van der Waals surface area contributed by atoms with Crippen LogP contribution in [0.1, 0.15) is 10.6 Å². The highest BCUT2D eigenvalue weighted by Gasteiger charge is 2.03. The van der Waals surface area contributed by atoms with Gasteiger partial charge in [0.2, 0.25) is 0 Å². The first-order valence-electron chi connectivity index (χ1n) is 3.95. The van der Waals surface area contributed by atoms with E-state index in [-0.39, 0.29) is 0 Å². The Bertz CT molecular complexity index is 480. The Kier molecular flexibility index (Phi) is 2.53. The summed E-state index contributed by atoms with van der Waals surface area (Å²) in [5, 5.41) is 8.78. The highest BCUT2D eigenvalue weighted by atomic mass is 35.5. The average Bonchev–Trinajstić information content (AvgIpc) is 2.76. The van der Waals surface area contributed by atoms with Crippen LogP contribution in [-0.4, -0.2) is 9.55 Å². The monoisotopic (exact) mass is 223 g/mol. The minimum atomic E-state index is 0.533. The van der Waals surface area contributed by atoms with Crippen molar-refractivity contribution >= 4 is 22.9 Å². The van der Waals surface area contributed by atoms with Gasteiger partial charge in [-0.2, -0.15) is 5.26 Å². The second-order valence-corrected chi connectivity index (χ2v) is 4.41. The zero-order valence-corrected chi connectivity index (χ0v) is 8.72. The molecule has 2 heterocycles. The van der Waals surface area contributed by atoms with Gasteiger partial charge in [-0.05, 0) is 12.1 Å². The second kappa shape index (κ2) is 3.82. The lowest BCUT2D eigenvalue weighted by atomic mass is 10.4. The number of nitriles is 1. The van der Waals surface area contributed by atoms with Crippen molar-refractivity contribution in [3.8, 4) is 6.07 Å². The van der Waals surface area contributed by atoms with Gasteiger partial charge >= 0.3 is 0 Å². The minimum absolute atomic E-state index is 0.533. The molecule has 0 atom stereocenters. The number of hydrogen-bond acceptors (Lipinski definition) is 3. The first-order chi connectivity index (χ1) is 6.79. The summed E-state index contributed by atoms with van der Waals surface area (Å²) in [4.78, 5) is 4.98.